The quantitative estimate of drug-likeness (QED) is 0.771. The average molecular weight is 274 g/mol. The highest BCUT2D eigenvalue weighted by Crippen LogP contribution is 2.11. The van der Waals surface area contributed by atoms with Crippen LogP contribution in [-0.4, -0.2) is 54.9 Å². The summed E-state index contributed by atoms with van der Waals surface area (Å²) >= 11 is 0. The Balaban J connectivity index is 1.76. The fourth-order valence-electron chi connectivity index (χ4n) is 2.97. The zero-order chi connectivity index (χ0) is 14.4. The van der Waals surface area contributed by atoms with Crippen molar-refractivity contribution in [1.82, 2.24) is 9.80 Å². The number of benzene rings is 1. The lowest BCUT2D eigenvalue weighted by atomic mass is 10.1. The molecule has 0 spiro atoms. The summed E-state index contributed by atoms with van der Waals surface area (Å²) in [5, 5.41) is 0. The summed E-state index contributed by atoms with van der Waals surface area (Å²) < 4.78 is 0. The van der Waals surface area contributed by atoms with E-state index in [-0.39, 0.29) is 5.78 Å². The van der Waals surface area contributed by atoms with E-state index in [1.165, 1.54) is 13.0 Å². The minimum Gasteiger partial charge on any atom is -0.305 e. The minimum absolute atomic E-state index is 0.269. The lowest BCUT2D eigenvalue weighted by molar-refractivity contribution is 0.0971. The van der Waals surface area contributed by atoms with Gasteiger partial charge in [-0.05, 0) is 46.4 Å². The van der Waals surface area contributed by atoms with Crippen molar-refractivity contribution in [2.75, 3.05) is 33.2 Å². The van der Waals surface area contributed by atoms with E-state index in [9.17, 15) is 4.79 Å². The molecule has 20 heavy (non-hydrogen) atoms. The molecule has 0 N–H and O–H groups in total. The van der Waals surface area contributed by atoms with Crippen LogP contribution in [0.25, 0.3) is 0 Å². The summed E-state index contributed by atoms with van der Waals surface area (Å²) in [7, 11) is 2.19. The van der Waals surface area contributed by atoms with Gasteiger partial charge in [-0.15, -0.1) is 0 Å². The molecule has 1 heterocycles. The van der Waals surface area contributed by atoms with Crippen LogP contribution < -0.4 is 0 Å². The van der Waals surface area contributed by atoms with E-state index in [1.807, 2.05) is 30.3 Å². The molecule has 1 aliphatic rings. The van der Waals surface area contributed by atoms with Crippen molar-refractivity contribution >= 4 is 5.78 Å². The first-order valence-corrected chi connectivity index (χ1v) is 7.67. The van der Waals surface area contributed by atoms with Crippen LogP contribution in [0, 0.1) is 0 Å². The molecule has 0 amide bonds. The third-order valence-corrected chi connectivity index (χ3v) is 4.13. The van der Waals surface area contributed by atoms with E-state index in [4.69, 9.17) is 0 Å². The van der Waals surface area contributed by atoms with Gasteiger partial charge in [0.1, 0.15) is 0 Å². The second kappa shape index (κ2) is 7.55. The molecule has 3 heteroatoms. The summed E-state index contributed by atoms with van der Waals surface area (Å²) in [4.78, 5) is 17.0. The number of likely N-dealkylation sites (N-methyl/N-ethyl adjacent to an activating group) is 1. The summed E-state index contributed by atoms with van der Waals surface area (Å²) in [6, 6.07) is 10.2. The molecule has 0 radical (unpaired) electrons. The van der Waals surface area contributed by atoms with Crippen LogP contribution in [0.2, 0.25) is 0 Å². The minimum atomic E-state index is 0.269. The number of Topliss-reactive ketones (excluding diaryl/α,β-unsaturated/α-hetero) is 1. The van der Waals surface area contributed by atoms with Gasteiger partial charge in [-0.25, -0.2) is 0 Å². The molecule has 3 nitrogen and oxygen atoms in total. The maximum Gasteiger partial charge on any atom is 0.162 e. The molecule has 1 atom stereocenters. The first-order chi connectivity index (χ1) is 9.66. The Bertz CT molecular complexity index is 418. The second-order valence-corrected chi connectivity index (χ2v) is 5.89. The Morgan fingerprint density at radius 3 is 2.75 bits per heavy atom. The molecular formula is C17H26N2O. The molecule has 1 aliphatic heterocycles. The Labute approximate surface area is 122 Å². The molecule has 1 aromatic rings. The molecule has 0 aliphatic carbocycles. The highest BCUT2D eigenvalue weighted by atomic mass is 16.1. The summed E-state index contributed by atoms with van der Waals surface area (Å²) in [5.74, 6) is 0.269. The van der Waals surface area contributed by atoms with Crippen molar-refractivity contribution < 1.29 is 4.79 Å². The predicted molar refractivity (Wildman–Crippen MR) is 83.2 cm³/mol. The van der Waals surface area contributed by atoms with Crippen molar-refractivity contribution in [3.8, 4) is 0 Å². The Kier molecular flexibility index (Phi) is 5.74. The monoisotopic (exact) mass is 274 g/mol. The van der Waals surface area contributed by atoms with Crippen molar-refractivity contribution in [3.63, 3.8) is 0 Å². The largest absolute Gasteiger partial charge is 0.305 e. The van der Waals surface area contributed by atoms with Gasteiger partial charge >= 0.3 is 0 Å². The Hall–Kier alpha value is -1.19. The molecule has 1 fully saturated rings. The second-order valence-electron chi connectivity index (χ2n) is 5.89. The number of nitrogens with zero attached hydrogens (tertiary/aromatic N) is 2. The van der Waals surface area contributed by atoms with Crippen LogP contribution in [0.15, 0.2) is 30.3 Å². The van der Waals surface area contributed by atoms with Crippen LogP contribution >= 0.6 is 0 Å². The molecular weight excluding hydrogens is 248 g/mol. The standard InChI is InChI=1S/C17H26N2O/c1-15-14-18(2)11-7-13-19(15)12-6-10-17(20)16-8-4-3-5-9-16/h3-5,8-9,15H,6-7,10-14H2,1-2H3. The first kappa shape index (κ1) is 15.2. The van der Waals surface area contributed by atoms with Crippen LogP contribution in [0.5, 0.6) is 0 Å². The SMILES string of the molecule is CC1CN(C)CCCN1CCCC(=O)c1ccccc1. The number of ketones is 1. The summed E-state index contributed by atoms with van der Waals surface area (Å²) in [6.07, 6.45) is 2.85. The van der Waals surface area contributed by atoms with Gasteiger partial charge in [0.15, 0.2) is 5.78 Å². The van der Waals surface area contributed by atoms with Gasteiger partial charge in [-0.2, -0.15) is 0 Å². The maximum atomic E-state index is 12.1. The lowest BCUT2D eigenvalue weighted by Gasteiger charge is -2.27. The van der Waals surface area contributed by atoms with Crippen molar-refractivity contribution in [1.29, 1.82) is 0 Å². The van der Waals surface area contributed by atoms with Gasteiger partial charge in [-0.3, -0.25) is 9.69 Å². The zero-order valence-corrected chi connectivity index (χ0v) is 12.7. The molecule has 0 bridgehead atoms. The van der Waals surface area contributed by atoms with Crippen LogP contribution in [0.3, 0.4) is 0 Å². The van der Waals surface area contributed by atoms with Gasteiger partial charge in [0.25, 0.3) is 0 Å². The van der Waals surface area contributed by atoms with Gasteiger partial charge in [0, 0.05) is 24.6 Å². The van der Waals surface area contributed by atoms with E-state index in [0.29, 0.717) is 12.5 Å². The number of rotatable bonds is 5. The van der Waals surface area contributed by atoms with Gasteiger partial charge in [0.05, 0.1) is 0 Å². The average Bonchev–Trinajstić information content (AvgIpc) is 2.61. The fraction of sp³-hybridized carbons (Fsp3) is 0.588. The topological polar surface area (TPSA) is 23.6 Å². The predicted octanol–water partition coefficient (Wildman–Crippen LogP) is 2.68. The lowest BCUT2D eigenvalue weighted by Crippen LogP contribution is -2.38. The van der Waals surface area contributed by atoms with E-state index >= 15 is 0 Å². The number of hydrogen-bond acceptors (Lipinski definition) is 3. The van der Waals surface area contributed by atoms with Crippen LogP contribution in [-0.2, 0) is 0 Å². The first-order valence-electron chi connectivity index (χ1n) is 7.67. The highest BCUT2D eigenvalue weighted by Gasteiger charge is 2.19. The van der Waals surface area contributed by atoms with Crippen molar-refractivity contribution in [3.05, 3.63) is 35.9 Å². The smallest absolute Gasteiger partial charge is 0.162 e. The number of hydrogen-bond donors (Lipinski definition) is 0. The third kappa shape index (κ3) is 4.43. The normalized spacial score (nSPS) is 21.6. The summed E-state index contributed by atoms with van der Waals surface area (Å²) in [5.41, 5.74) is 0.844. The molecule has 1 aromatic carbocycles. The Morgan fingerprint density at radius 1 is 1.25 bits per heavy atom. The molecule has 1 unspecified atom stereocenters. The van der Waals surface area contributed by atoms with E-state index in [2.05, 4.69) is 23.8 Å². The zero-order valence-electron chi connectivity index (χ0n) is 12.7. The molecule has 110 valence electrons. The van der Waals surface area contributed by atoms with Gasteiger partial charge in [0.2, 0.25) is 0 Å². The number of carbonyl (C=O) groups is 1. The van der Waals surface area contributed by atoms with E-state index in [0.717, 1.165) is 31.6 Å². The Morgan fingerprint density at radius 2 is 2.00 bits per heavy atom. The van der Waals surface area contributed by atoms with Crippen molar-refractivity contribution in [2.24, 2.45) is 0 Å². The number of carbonyl (C=O) groups excluding carboxylic acids is 1. The highest BCUT2D eigenvalue weighted by molar-refractivity contribution is 5.95. The van der Waals surface area contributed by atoms with Crippen LogP contribution in [0.1, 0.15) is 36.5 Å². The molecule has 2 rings (SSSR count). The van der Waals surface area contributed by atoms with E-state index < -0.39 is 0 Å². The molecule has 0 aromatic heterocycles. The molecule has 0 saturated carbocycles. The maximum absolute atomic E-state index is 12.1. The molecule has 1 saturated heterocycles. The fourth-order valence-corrected chi connectivity index (χ4v) is 2.97. The van der Waals surface area contributed by atoms with Crippen molar-refractivity contribution in [2.45, 2.75) is 32.2 Å². The summed E-state index contributed by atoms with van der Waals surface area (Å²) in [6.45, 7) is 6.80. The van der Waals surface area contributed by atoms with Crippen LogP contribution in [0.4, 0.5) is 0 Å². The van der Waals surface area contributed by atoms with Gasteiger partial charge < -0.3 is 4.90 Å². The van der Waals surface area contributed by atoms with E-state index in [1.54, 1.807) is 0 Å². The van der Waals surface area contributed by atoms with Gasteiger partial charge in [-0.1, -0.05) is 30.3 Å². The third-order valence-electron chi connectivity index (χ3n) is 4.13.